The van der Waals surface area contributed by atoms with Crippen LogP contribution in [-0.4, -0.2) is 43.5 Å². The molecule has 0 radical (unpaired) electrons. The van der Waals surface area contributed by atoms with Crippen LogP contribution in [0.25, 0.3) is 0 Å². The second-order valence-corrected chi connectivity index (χ2v) is 4.97. The smallest absolute Gasteiger partial charge is 0.0963 e. The van der Waals surface area contributed by atoms with E-state index in [1.54, 1.807) is 0 Å². The van der Waals surface area contributed by atoms with Crippen LogP contribution < -0.4 is 5.32 Å². The van der Waals surface area contributed by atoms with Gasteiger partial charge in [-0.2, -0.15) is 0 Å². The number of likely N-dealkylation sites (tertiary alicyclic amines) is 1. The Hall–Kier alpha value is -0.570. The van der Waals surface area contributed by atoms with Crippen molar-refractivity contribution < 1.29 is 0 Å². The van der Waals surface area contributed by atoms with Gasteiger partial charge < -0.3 is 10.2 Å². The lowest BCUT2D eigenvalue weighted by Crippen LogP contribution is -2.37. The Morgan fingerprint density at radius 1 is 1.00 bits per heavy atom. The van der Waals surface area contributed by atoms with Crippen LogP contribution in [0.3, 0.4) is 0 Å². The predicted molar refractivity (Wildman–Crippen MR) is 69.1 cm³/mol. The van der Waals surface area contributed by atoms with Crippen LogP contribution in [0.15, 0.2) is 4.99 Å². The fourth-order valence-corrected chi connectivity index (χ4v) is 2.56. The molecule has 2 aliphatic rings. The molecule has 0 atom stereocenters. The third kappa shape index (κ3) is 4.12. The van der Waals surface area contributed by atoms with E-state index in [9.17, 15) is 0 Å². The first-order valence-electron chi connectivity index (χ1n) is 6.95. The predicted octanol–water partition coefficient (Wildman–Crippen LogP) is 2.03. The van der Waals surface area contributed by atoms with E-state index in [1.165, 1.54) is 70.4 Å². The minimum atomic E-state index is 1.03. The third-order valence-electron chi connectivity index (χ3n) is 3.58. The zero-order valence-electron chi connectivity index (χ0n) is 10.4. The monoisotopic (exact) mass is 223 g/mol. The van der Waals surface area contributed by atoms with Crippen molar-refractivity contribution in [1.82, 2.24) is 10.2 Å². The summed E-state index contributed by atoms with van der Waals surface area (Å²) in [7, 11) is 0. The topological polar surface area (TPSA) is 27.6 Å². The standard InChI is InChI=1S/C13H25N3/c1-3-7-13(14-8-4-1)15-9-12-16-10-5-2-6-11-16/h1-12H2,(H,14,15). The summed E-state index contributed by atoms with van der Waals surface area (Å²) in [6.07, 6.45) is 9.31. The number of rotatable bonds is 3. The summed E-state index contributed by atoms with van der Waals surface area (Å²) >= 11 is 0. The quantitative estimate of drug-likeness (QED) is 0.793. The lowest BCUT2D eigenvalue weighted by atomic mass is 10.1. The summed E-state index contributed by atoms with van der Waals surface area (Å²) in [5, 5.41) is 3.52. The molecule has 2 heterocycles. The van der Waals surface area contributed by atoms with Crippen molar-refractivity contribution in [2.24, 2.45) is 4.99 Å². The van der Waals surface area contributed by atoms with Crippen molar-refractivity contribution in [3.63, 3.8) is 0 Å². The van der Waals surface area contributed by atoms with E-state index in [4.69, 9.17) is 0 Å². The third-order valence-corrected chi connectivity index (χ3v) is 3.58. The van der Waals surface area contributed by atoms with Gasteiger partial charge in [0.25, 0.3) is 0 Å². The van der Waals surface area contributed by atoms with Crippen molar-refractivity contribution >= 4 is 5.84 Å². The number of piperidine rings is 1. The van der Waals surface area contributed by atoms with Crippen LogP contribution in [0.5, 0.6) is 0 Å². The largest absolute Gasteiger partial charge is 0.373 e. The van der Waals surface area contributed by atoms with Crippen molar-refractivity contribution in [3.8, 4) is 0 Å². The van der Waals surface area contributed by atoms with Gasteiger partial charge in [0.05, 0.1) is 5.84 Å². The van der Waals surface area contributed by atoms with Crippen LogP contribution in [0.4, 0.5) is 0 Å². The highest BCUT2D eigenvalue weighted by atomic mass is 15.1. The molecule has 0 aromatic carbocycles. The van der Waals surface area contributed by atoms with Gasteiger partial charge in [0.2, 0.25) is 0 Å². The molecule has 0 saturated carbocycles. The molecule has 92 valence electrons. The molecule has 2 rings (SSSR count). The number of amidine groups is 1. The van der Waals surface area contributed by atoms with Crippen LogP contribution in [0.1, 0.15) is 44.9 Å². The molecule has 1 N–H and O–H groups in total. The second-order valence-electron chi connectivity index (χ2n) is 4.97. The number of hydrogen-bond donors (Lipinski definition) is 1. The Kier molecular flexibility index (Phi) is 5.13. The SMILES string of the molecule is C1CCN=C(NCCN2CCCCC2)CC1. The summed E-state index contributed by atoms with van der Waals surface area (Å²) in [5.41, 5.74) is 0. The van der Waals surface area contributed by atoms with Gasteiger partial charge in [-0.25, -0.2) is 0 Å². The fourth-order valence-electron chi connectivity index (χ4n) is 2.56. The van der Waals surface area contributed by atoms with E-state index in [0.29, 0.717) is 0 Å². The highest BCUT2D eigenvalue weighted by Crippen LogP contribution is 2.08. The van der Waals surface area contributed by atoms with Gasteiger partial charge >= 0.3 is 0 Å². The maximum absolute atomic E-state index is 4.59. The Morgan fingerprint density at radius 2 is 1.81 bits per heavy atom. The Morgan fingerprint density at radius 3 is 2.69 bits per heavy atom. The molecule has 3 nitrogen and oxygen atoms in total. The lowest BCUT2D eigenvalue weighted by Gasteiger charge is -2.26. The average molecular weight is 223 g/mol. The summed E-state index contributed by atoms with van der Waals surface area (Å²) in [5.74, 6) is 1.26. The van der Waals surface area contributed by atoms with E-state index in [1.807, 2.05) is 0 Å². The first-order valence-corrected chi connectivity index (χ1v) is 6.95. The van der Waals surface area contributed by atoms with Crippen LogP contribution in [0, 0.1) is 0 Å². The Balaban J connectivity index is 1.60. The van der Waals surface area contributed by atoms with Gasteiger partial charge in [-0.05, 0) is 38.8 Å². The zero-order valence-corrected chi connectivity index (χ0v) is 10.4. The number of hydrogen-bond acceptors (Lipinski definition) is 3. The molecule has 2 aliphatic heterocycles. The molecule has 0 amide bonds. The highest BCUT2D eigenvalue weighted by molar-refractivity contribution is 5.82. The zero-order chi connectivity index (χ0) is 11.1. The number of nitrogens with zero attached hydrogens (tertiary/aromatic N) is 2. The first-order chi connectivity index (χ1) is 7.95. The van der Waals surface area contributed by atoms with E-state index in [2.05, 4.69) is 15.2 Å². The maximum atomic E-state index is 4.59. The van der Waals surface area contributed by atoms with Crippen molar-refractivity contribution in [3.05, 3.63) is 0 Å². The molecule has 0 aromatic rings. The van der Waals surface area contributed by atoms with Crippen molar-refractivity contribution in [1.29, 1.82) is 0 Å². The van der Waals surface area contributed by atoms with Crippen LogP contribution in [-0.2, 0) is 0 Å². The molecular weight excluding hydrogens is 198 g/mol. The van der Waals surface area contributed by atoms with Gasteiger partial charge in [0.1, 0.15) is 0 Å². The maximum Gasteiger partial charge on any atom is 0.0963 e. The summed E-state index contributed by atoms with van der Waals surface area (Å²) in [6, 6.07) is 0. The van der Waals surface area contributed by atoms with Crippen LogP contribution >= 0.6 is 0 Å². The van der Waals surface area contributed by atoms with E-state index >= 15 is 0 Å². The highest BCUT2D eigenvalue weighted by Gasteiger charge is 2.09. The second kappa shape index (κ2) is 6.89. The molecule has 0 spiro atoms. The minimum absolute atomic E-state index is 1.03. The molecule has 0 aliphatic carbocycles. The molecule has 0 aromatic heterocycles. The Labute approximate surface area is 99.3 Å². The van der Waals surface area contributed by atoms with Gasteiger partial charge in [0, 0.05) is 26.1 Å². The lowest BCUT2D eigenvalue weighted by molar-refractivity contribution is 0.232. The molecule has 0 bridgehead atoms. The fraction of sp³-hybridized carbons (Fsp3) is 0.923. The molecule has 16 heavy (non-hydrogen) atoms. The summed E-state index contributed by atoms with van der Waals surface area (Å²) < 4.78 is 0. The molecule has 1 saturated heterocycles. The van der Waals surface area contributed by atoms with Crippen molar-refractivity contribution in [2.45, 2.75) is 44.9 Å². The summed E-state index contributed by atoms with van der Waals surface area (Å²) in [6.45, 7) is 5.91. The van der Waals surface area contributed by atoms with Gasteiger partial charge in [0.15, 0.2) is 0 Å². The Bertz CT molecular complexity index is 219. The van der Waals surface area contributed by atoms with Gasteiger partial charge in [-0.15, -0.1) is 0 Å². The van der Waals surface area contributed by atoms with Gasteiger partial charge in [-0.1, -0.05) is 12.8 Å². The van der Waals surface area contributed by atoms with E-state index in [-0.39, 0.29) is 0 Å². The summed E-state index contributed by atoms with van der Waals surface area (Å²) in [4.78, 5) is 7.17. The number of nitrogens with one attached hydrogen (secondary N) is 1. The van der Waals surface area contributed by atoms with E-state index < -0.39 is 0 Å². The van der Waals surface area contributed by atoms with E-state index in [0.717, 1.165) is 13.1 Å². The van der Waals surface area contributed by atoms with Gasteiger partial charge in [-0.3, -0.25) is 4.99 Å². The molecule has 3 heteroatoms. The minimum Gasteiger partial charge on any atom is -0.373 e. The van der Waals surface area contributed by atoms with Crippen LogP contribution in [0.2, 0.25) is 0 Å². The molecule has 1 fully saturated rings. The normalized spacial score (nSPS) is 23.6. The molecule has 0 unspecified atom stereocenters. The van der Waals surface area contributed by atoms with Crippen molar-refractivity contribution in [2.75, 3.05) is 32.7 Å². The molecular formula is C13H25N3. The first kappa shape index (κ1) is 11.9. The average Bonchev–Trinajstić information content (AvgIpc) is 2.59. The number of aliphatic imine (C=N–C) groups is 1.